The summed E-state index contributed by atoms with van der Waals surface area (Å²) in [5, 5.41) is 5.25. The minimum Gasteiger partial charge on any atom is -0.351 e. The van der Waals surface area contributed by atoms with Crippen LogP contribution in [0.5, 0.6) is 0 Å². The van der Waals surface area contributed by atoms with Gasteiger partial charge in [0.1, 0.15) is 5.03 Å². The van der Waals surface area contributed by atoms with Gasteiger partial charge in [-0.15, -0.1) is 11.3 Å². The number of thioether (sulfide) groups is 1. The molecule has 2 amide bonds. The highest BCUT2D eigenvalue weighted by molar-refractivity contribution is 8.00. The maximum atomic E-state index is 12.6. The number of fused-ring (bicyclic) bond motifs is 1. The van der Waals surface area contributed by atoms with Crippen LogP contribution < -0.4 is 10.2 Å². The monoisotopic (exact) mass is 347 g/mol. The van der Waals surface area contributed by atoms with Crippen LogP contribution in [0.4, 0.5) is 5.69 Å². The van der Waals surface area contributed by atoms with Gasteiger partial charge in [-0.05, 0) is 30.5 Å². The van der Waals surface area contributed by atoms with Crippen molar-refractivity contribution < 1.29 is 9.59 Å². The number of pyridine rings is 1. The third-order valence-electron chi connectivity index (χ3n) is 3.56. The van der Waals surface area contributed by atoms with Crippen LogP contribution in [0.15, 0.2) is 40.9 Å². The maximum Gasteiger partial charge on any atom is 0.241 e. The summed E-state index contributed by atoms with van der Waals surface area (Å²) < 4.78 is 0. The summed E-state index contributed by atoms with van der Waals surface area (Å²) in [6.07, 6.45) is 1.88. The molecule has 0 saturated heterocycles. The van der Waals surface area contributed by atoms with Gasteiger partial charge < -0.3 is 10.2 Å². The van der Waals surface area contributed by atoms with E-state index in [-0.39, 0.29) is 18.2 Å². The second kappa shape index (κ2) is 7.14. The molecule has 0 unspecified atom stereocenters. The molecule has 3 rings (SSSR count). The average molecular weight is 347 g/mol. The van der Waals surface area contributed by atoms with Crippen LogP contribution in [0.2, 0.25) is 0 Å². The molecule has 0 radical (unpaired) electrons. The molecule has 0 aliphatic carbocycles. The Labute approximate surface area is 143 Å². The minimum absolute atomic E-state index is 0.0238. The number of carbonyl (C=O) groups is 2. The molecular weight excluding hydrogens is 330 g/mol. The second-order valence-corrected chi connectivity index (χ2v) is 7.30. The molecule has 1 N–H and O–H groups in total. The van der Waals surface area contributed by atoms with Gasteiger partial charge in [-0.1, -0.05) is 17.8 Å². The van der Waals surface area contributed by atoms with Crippen LogP contribution in [0.25, 0.3) is 0 Å². The van der Waals surface area contributed by atoms with Gasteiger partial charge >= 0.3 is 0 Å². The van der Waals surface area contributed by atoms with Crippen LogP contribution in [0.1, 0.15) is 18.2 Å². The first kappa shape index (κ1) is 16.0. The van der Waals surface area contributed by atoms with E-state index in [1.807, 2.05) is 36.6 Å². The van der Waals surface area contributed by atoms with Crippen LogP contribution in [0.3, 0.4) is 0 Å². The lowest BCUT2D eigenvalue weighted by molar-refractivity contribution is -0.125. The van der Waals surface area contributed by atoms with E-state index in [0.29, 0.717) is 13.1 Å². The Morgan fingerprint density at radius 1 is 1.39 bits per heavy atom. The van der Waals surface area contributed by atoms with Crippen molar-refractivity contribution in [3.63, 3.8) is 0 Å². The molecule has 1 atom stereocenters. The van der Waals surface area contributed by atoms with Crippen LogP contribution in [-0.2, 0) is 16.1 Å². The first-order valence-electron chi connectivity index (χ1n) is 7.41. The van der Waals surface area contributed by atoms with Gasteiger partial charge in [0.15, 0.2) is 0 Å². The SMILES string of the molecule is CCN1C(=O)[C@@H](CC(=O)NCc2cccs2)Sc2ncccc21. The zero-order valence-electron chi connectivity index (χ0n) is 12.7. The molecule has 0 fully saturated rings. The number of carbonyl (C=O) groups excluding carboxylic acids is 2. The van der Waals surface area contributed by atoms with Crippen LogP contribution in [-0.4, -0.2) is 28.6 Å². The molecule has 1 aliphatic rings. The van der Waals surface area contributed by atoms with Crippen molar-refractivity contribution in [1.29, 1.82) is 0 Å². The van der Waals surface area contributed by atoms with Crippen molar-refractivity contribution in [2.75, 3.05) is 11.4 Å². The van der Waals surface area contributed by atoms with Crippen molar-refractivity contribution >= 4 is 40.6 Å². The standard InChI is InChI=1S/C16H17N3O2S2/c1-2-19-12-6-3-7-17-15(12)23-13(16(19)21)9-14(20)18-10-11-5-4-8-22-11/h3-8,13H,2,9-10H2,1H3,(H,18,20)/t13-/m1/s1. The summed E-state index contributed by atoms with van der Waals surface area (Å²) in [6, 6.07) is 7.64. The van der Waals surface area contributed by atoms with E-state index in [1.165, 1.54) is 11.8 Å². The number of amides is 2. The third kappa shape index (κ3) is 3.56. The van der Waals surface area contributed by atoms with Gasteiger partial charge in [-0.25, -0.2) is 4.98 Å². The van der Waals surface area contributed by atoms with Gasteiger partial charge in [-0.3, -0.25) is 9.59 Å². The number of aromatic nitrogens is 1. The highest BCUT2D eigenvalue weighted by Crippen LogP contribution is 2.38. The fourth-order valence-corrected chi connectivity index (χ4v) is 4.25. The van der Waals surface area contributed by atoms with E-state index in [1.54, 1.807) is 22.4 Å². The molecule has 23 heavy (non-hydrogen) atoms. The maximum absolute atomic E-state index is 12.6. The predicted molar refractivity (Wildman–Crippen MR) is 92.7 cm³/mol. The van der Waals surface area contributed by atoms with Crippen LogP contribution >= 0.6 is 23.1 Å². The molecule has 3 heterocycles. The first-order chi connectivity index (χ1) is 11.2. The molecule has 1 aliphatic heterocycles. The highest BCUT2D eigenvalue weighted by Gasteiger charge is 2.34. The van der Waals surface area contributed by atoms with Crippen molar-refractivity contribution in [1.82, 2.24) is 10.3 Å². The Kier molecular flexibility index (Phi) is 4.97. The predicted octanol–water partition coefficient (Wildman–Crippen LogP) is 2.68. The largest absolute Gasteiger partial charge is 0.351 e. The van der Waals surface area contributed by atoms with Crippen molar-refractivity contribution in [3.8, 4) is 0 Å². The van der Waals surface area contributed by atoms with E-state index >= 15 is 0 Å². The minimum atomic E-state index is -0.416. The quantitative estimate of drug-likeness (QED) is 0.903. The molecule has 120 valence electrons. The van der Waals surface area contributed by atoms with Crippen molar-refractivity contribution in [2.24, 2.45) is 0 Å². The molecule has 0 spiro atoms. The summed E-state index contributed by atoms with van der Waals surface area (Å²) in [5.41, 5.74) is 0.834. The van der Waals surface area contributed by atoms with Gasteiger partial charge in [0, 0.05) is 24.0 Å². The van der Waals surface area contributed by atoms with Gasteiger partial charge in [0.25, 0.3) is 0 Å². The normalized spacial score (nSPS) is 17.0. The van der Waals surface area contributed by atoms with Gasteiger partial charge in [0.05, 0.1) is 17.5 Å². The fraction of sp³-hybridized carbons (Fsp3) is 0.312. The summed E-state index contributed by atoms with van der Waals surface area (Å²) in [4.78, 5) is 31.9. The number of anilines is 1. The number of rotatable bonds is 5. The molecule has 7 heteroatoms. The Morgan fingerprint density at radius 3 is 3.00 bits per heavy atom. The number of thiophene rings is 1. The Bertz CT molecular complexity index is 703. The number of hydrogen-bond acceptors (Lipinski definition) is 5. The fourth-order valence-electron chi connectivity index (χ4n) is 2.45. The first-order valence-corrected chi connectivity index (χ1v) is 9.17. The van der Waals surface area contributed by atoms with E-state index in [0.717, 1.165) is 15.6 Å². The van der Waals surface area contributed by atoms with Gasteiger partial charge in [-0.2, -0.15) is 0 Å². The topological polar surface area (TPSA) is 62.3 Å². The smallest absolute Gasteiger partial charge is 0.241 e. The lowest BCUT2D eigenvalue weighted by atomic mass is 10.2. The van der Waals surface area contributed by atoms with Crippen molar-refractivity contribution in [3.05, 3.63) is 40.7 Å². The molecular formula is C16H17N3O2S2. The summed E-state index contributed by atoms with van der Waals surface area (Å²) in [6.45, 7) is 3.01. The molecule has 0 aromatic carbocycles. The highest BCUT2D eigenvalue weighted by atomic mass is 32.2. The van der Waals surface area contributed by atoms with E-state index < -0.39 is 5.25 Å². The van der Waals surface area contributed by atoms with E-state index in [9.17, 15) is 9.59 Å². The van der Waals surface area contributed by atoms with Gasteiger partial charge in [0.2, 0.25) is 11.8 Å². The number of hydrogen-bond donors (Lipinski definition) is 1. The Balaban J connectivity index is 1.66. The molecule has 0 bridgehead atoms. The second-order valence-electron chi connectivity index (χ2n) is 5.08. The number of nitrogens with zero attached hydrogens (tertiary/aromatic N) is 2. The molecule has 5 nitrogen and oxygen atoms in total. The lowest BCUT2D eigenvalue weighted by Gasteiger charge is -2.31. The Hall–Kier alpha value is -1.86. The summed E-state index contributed by atoms with van der Waals surface area (Å²) >= 11 is 2.98. The zero-order chi connectivity index (χ0) is 16.2. The molecule has 2 aromatic rings. The summed E-state index contributed by atoms with van der Waals surface area (Å²) in [7, 11) is 0. The van der Waals surface area contributed by atoms with E-state index in [2.05, 4.69) is 10.3 Å². The third-order valence-corrected chi connectivity index (χ3v) is 5.63. The molecule has 2 aromatic heterocycles. The Morgan fingerprint density at radius 2 is 2.26 bits per heavy atom. The zero-order valence-corrected chi connectivity index (χ0v) is 14.3. The molecule has 0 saturated carbocycles. The summed E-state index contributed by atoms with van der Waals surface area (Å²) in [5.74, 6) is -0.135. The average Bonchev–Trinajstić information content (AvgIpc) is 3.07. The lowest BCUT2D eigenvalue weighted by Crippen LogP contribution is -2.43. The van der Waals surface area contributed by atoms with E-state index in [4.69, 9.17) is 0 Å². The van der Waals surface area contributed by atoms with Crippen molar-refractivity contribution in [2.45, 2.75) is 30.2 Å². The number of nitrogens with one attached hydrogen (secondary N) is 1. The van der Waals surface area contributed by atoms with Crippen LogP contribution in [0, 0.1) is 0 Å².